The average Bonchev–Trinajstić information content (AvgIpc) is 2.50. The van der Waals surface area contributed by atoms with Gasteiger partial charge in [-0.2, -0.15) is 0 Å². The van der Waals surface area contributed by atoms with E-state index in [2.05, 4.69) is 39.7 Å². The third kappa shape index (κ3) is 16.2. The van der Waals surface area contributed by atoms with Crippen molar-refractivity contribution in [1.82, 2.24) is 4.90 Å². The smallest absolute Gasteiger partial charge is 0.245 e. The molecule has 0 aliphatic heterocycles. The first-order valence-corrected chi connectivity index (χ1v) is 15.6. The summed E-state index contributed by atoms with van der Waals surface area (Å²) in [6.45, 7) is 16.0. The number of hydrogen-bond acceptors (Lipinski definition) is 4. The van der Waals surface area contributed by atoms with Crippen molar-refractivity contribution in [2.24, 2.45) is 0 Å². The standard InChI is InChI=1S/C18H39NO4Si2.2CH4/c1-8-10-13-24(4,5)23-25(6,7)14-11-12-22-16-17(20)15-19(3)18(21)9-2;;/h9,17,20H,2,8,10-16H2,1,3-7H3;2*1H4. The molecule has 0 bridgehead atoms. The van der Waals surface area contributed by atoms with E-state index in [1.54, 1.807) is 7.05 Å². The molecular formula is C20H47NO4Si2. The maximum atomic E-state index is 11.4. The molecule has 1 unspecified atom stereocenters. The van der Waals surface area contributed by atoms with Gasteiger partial charge in [-0.05, 0) is 50.8 Å². The van der Waals surface area contributed by atoms with E-state index in [9.17, 15) is 9.90 Å². The van der Waals surface area contributed by atoms with Crippen LogP contribution in [-0.2, 0) is 13.6 Å². The van der Waals surface area contributed by atoms with E-state index in [0.717, 1.165) is 12.5 Å². The summed E-state index contributed by atoms with van der Waals surface area (Å²) in [4.78, 5) is 12.8. The maximum Gasteiger partial charge on any atom is 0.245 e. The van der Waals surface area contributed by atoms with Crippen LogP contribution in [0.15, 0.2) is 12.7 Å². The molecule has 0 aromatic heterocycles. The summed E-state index contributed by atoms with van der Waals surface area (Å²) in [5, 5.41) is 9.89. The lowest BCUT2D eigenvalue weighted by Crippen LogP contribution is -2.44. The predicted molar refractivity (Wildman–Crippen MR) is 123 cm³/mol. The van der Waals surface area contributed by atoms with Gasteiger partial charge in [0.05, 0.1) is 12.7 Å². The molecule has 0 saturated carbocycles. The largest absolute Gasteiger partial charge is 0.455 e. The number of nitrogens with zero attached hydrogens (tertiary/aromatic N) is 1. The van der Waals surface area contributed by atoms with Crippen molar-refractivity contribution in [2.45, 2.75) is 85.4 Å². The topological polar surface area (TPSA) is 59.0 Å². The molecule has 7 heteroatoms. The van der Waals surface area contributed by atoms with Crippen molar-refractivity contribution in [3.05, 3.63) is 12.7 Å². The fourth-order valence-electron chi connectivity index (χ4n) is 2.89. The molecule has 0 rings (SSSR count). The third-order valence-corrected chi connectivity index (χ3v) is 11.6. The number of hydrogen-bond donors (Lipinski definition) is 1. The summed E-state index contributed by atoms with van der Waals surface area (Å²) in [6, 6.07) is 2.31. The molecule has 0 aliphatic carbocycles. The van der Waals surface area contributed by atoms with Gasteiger partial charge in [-0.3, -0.25) is 4.79 Å². The van der Waals surface area contributed by atoms with Gasteiger partial charge in [0.15, 0.2) is 16.6 Å². The minimum atomic E-state index is -1.66. The average molecular weight is 422 g/mol. The molecule has 0 saturated heterocycles. The Labute approximate surface area is 171 Å². The Morgan fingerprint density at radius 2 is 1.67 bits per heavy atom. The van der Waals surface area contributed by atoms with Crippen molar-refractivity contribution in [1.29, 1.82) is 0 Å². The van der Waals surface area contributed by atoms with Crippen LogP contribution in [0, 0.1) is 0 Å². The molecule has 0 fully saturated rings. The molecule has 0 spiro atoms. The minimum Gasteiger partial charge on any atom is -0.455 e. The van der Waals surface area contributed by atoms with Gasteiger partial charge in [0.2, 0.25) is 5.91 Å². The van der Waals surface area contributed by atoms with E-state index < -0.39 is 22.7 Å². The number of aliphatic hydroxyl groups excluding tert-OH is 1. The molecule has 5 nitrogen and oxygen atoms in total. The number of ether oxygens (including phenoxy) is 1. The van der Waals surface area contributed by atoms with Crippen LogP contribution in [0.1, 0.15) is 41.0 Å². The van der Waals surface area contributed by atoms with E-state index in [-0.39, 0.29) is 33.9 Å². The van der Waals surface area contributed by atoms with Crippen molar-refractivity contribution in [3.8, 4) is 0 Å². The summed E-state index contributed by atoms with van der Waals surface area (Å²) in [5.41, 5.74) is 0. The van der Waals surface area contributed by atoms with Crippen LogP contribution in [0.2, 0.25) is 38.3 Å². The molecule has 0 aliphatic rings. The first kappa shape index (κ1) is 31.2. The van der Waals surface area contributed by atoms with Crippen molar-refractivity contribution >= 4 is 22.5 Å². The lowest BCUT2D eigenvalue weighted by Gasteiger charge is -2.34. The molecule has 1 N–H and O–H groups in total. The van der Waals surface area contributed by atoms with Gasteiger partial charge in [-0.15, -0.1) is 0 Å². The zero-order valence-electron chi connectivity index (χ0n) is 17.1. The highest BCUT2D eigenvalue weighted by molar-refractivity contribution is 6.84. The SMILES string of the molecule is C.C.C=CC(=O)N(C)CC(O)COCCC[Si](C)(C)O[Si](C)(C)CCCC. The second kappa shape index (κ2) is 15.4. The number of likely N-dealkylation sites (N-methyl/N-ethyl adjacent to an activating group) is 1. The highest BCUT2D eigenvalue weighted by atomic mass is 28.4. The summed E-state index contributed by atoms with van der Waals surface area (Å²) in [6.07, 6.45) is 4.01. The minimum absolute atomic E-state index is 0. The van der Waals surface area contributed by atoms with Crippen LogP contribution in [-0.4, -0.2) is 65.5 Å². The highest BCUT2D eigenvalue weighted by Crippen LogP contribution is 2.24. The Bertz CT molecular complexity index is 403. The van der Waals surface area contributed by atoms with Crippen molar-refractivity contribution in [3.63, 3.8) is 0 Å². The Morgan fingerprint density at radius 3 is 2.15 bits per heavy atom. The van der Waals surface area contributed by atoms with E-state index >= 15 is 0 Å². The van der Waals surface area contributed by atoms with Crippen molar-refractivity contribution < 1.29 is 18.8 Å². The number of aliphatic hydroxyl groups is 1. The normalized spacial score (nSPS) is 12.6. The van der Waals surface area contributed by atoms with Gasteiger partial charge in [-0.1, -0.05) is 41.2 Å². The Kier molecular flexibility index (Phi) is 17.9. The fraction of sp³-hybridized carbons (Fsp3) is 0.850. The monoisotopic (exact) mass is 421 g/mol. The van der Waals surface area contributed by atoms with Crippen LogP contribution >= 0.6 is 0 Å². The Balaban J connectivity index is -0.00000288. The third-order valence-electron chi connectivity index (χ3n) is 4.10. The summed E-state index contributed by atoms with van der Waals surface area (Å²) in [7, 11) is -1.56. The van der Waals surface area contributed by atoms with Gasteiger partial charge < -0.3 is 18.9 Å². The first-order chi connectivity index (χ1) is 11.5. The summed E-state index contributed by atoms with van der Waals surface area (Å²) < 4.78 is 12.1. The molecule has 1 amide bonds. The van der Waals surface area contributed by atoms with Crippen LogP contribution in [0.5, 0.6) is 0 Å². The van der Waals surface area contributed by atoms with E-state index in [0.29, 0.717) is 6.61 Å². The van der Waals surface area contributed by atoms with Crippen LogP contribution in [0.3, 0.4) is 0 Å². The number of unbranched alkanes of at least 4 members (excludes halogenated alkanes) is 1. The van der Waals surface area contributed by atoms with Gasteiger partial charge in [0, 0.05) is 20.2 Å². The predicted octanol–water partition coefficient (Wildman–Crippen LogP) is 4.90. The van der Waals surface area contributed by atoms with Crippen LogP contribution in [0.25, 0.3) is 0 Å². The zero-order chi connectivity index (χ0) is 19.5. The number of carbonyl (C=O) groups excluding carboxylic acids is 1. The van der Waals surface area contributed by atoms with E-state index in [1.165, 1.54) is 29.9 Å². The zero-order valence-corrected chi connectivity index (χ0v) is 19.1. The lowest BCUT2D eigenvalue weighted by atomic mass is 10.3. The second-order valence-electron chi connectivity index (χ2n) is 7.98. The summed E-state index contributed by atoms with van der Waals surface area (Å²) >= 11 is 0. The van der Waals surface area contributed by atoms with Crippen molar-refractivity contribution in [2.75, 3.05) is 26.8 Å². The van der Waals surface area contributed by atoms with Gasteiger partial charge in [0.1, 0.15) is 0 Å². The number of amides is 1. The van der Waals surface area contributed by atoms with Crippen LogP contribution in [0.4, 0.5) is 0 Å². The summed E-state index contributed by atoms with van der Waals surface area (Å²) in [5.74, 6) is -0.196. The fourth-order valence-corrected chi connectivity index (χ4v) is 11.9. The molecule has 0 radical (unpaired) electrons. The second-order valence-corrected chi connectivity index (χ2v) is 16.8. The van der Waals surface area contributed by atoms with Crippen LogP contribution < -0.4 is 0 Å². The van der Waals surface area contributed by atoms with Gasteiger partial charge in [0.25, 0.3) is 0 Å². The quantitative estimate of drug-likeness (QED) is 0.246. The molecule has 1 atom stereocenters. The maximum absolute atomic E-state index is 11.4. The van der Waals surface area contributed by atoms with E-state index in [1.807, 2.05) is 0 Å². The Morgan fingerprint density at radius 1 is 1.15 bits per heavy atom. The number of carbonyl (C=O) groups is 1. The molecular weight excluding hydrogens is 374 g/mol. The molecule has 0 aromatic rings. The lowest BCUT2D eigenvalue weighted by molar-refractivity contribution is -0.126. The molecule has 0 aromatic carbocycles. The highest BCUT2D eigenvalue weighted by Gasteiger charge is 2.32. The molecule has 164 valence electrons. The molecule has 27 heavy (non-hydrogen) atoms. The Hall–Kier alpha value is -0.476. The first-order valence-electron chi connectivity index (χ1n) is 9.36. The van der Waals surface area contributed by atoms with Gasteiger partial charge >= 0.3 is 0 Å². The molecule has 0 heterocycles. The van der Waals surface area contributed by atoms with E-state index in [4.69, 9.17) is 8.85 Å². The van der Waals surface area contributed by atoms with Gasteiger partial charge in [-0.25, -0.2) is 0 Å². The number of rotatable bonds is 14.